The summed E-state index contributed by atoms with van der Waals surface area (Å²) in [6.45, 7) is 6.71. The van der Waals surface area contributed by atoms with Crippen molar-refractivity contribution < 1.29 is 4.42 Å². The van der Waals surface area contributed by atoms with Crippen LogP contribution in [0.4, 0.5) is 45.5 Å². The monoisotopic (exact) mass is 998 g/mol. The Labute approximate surface area is 455 Å². The molecule has 2 aliphatic rings. The Bertz CT molecular complexity index is 3820. The van der Waals surface area contributed by atoms with Gasteiger partial charge in [-0.1, -0.05) is 180 Å². The van der Waals surface area contributed by atoms with Gasteiger partial charge in [0.2, 0.25) is 0 Å². The average Bonchev–Trinajstić information content (AvgIpc) is 4.06. The first-order valence-corrected chi connectivity index (χ1v) is 28.2. The molecule has 4 nitrogen and oxygen atoms in total. The van der Waals surface area contributed by atoms with E-state index in [9.17, 15) is 0 Å². The lowest BCUT2D eigenvalue weighted by Gasteiger charge is -2.46. The number of anilines is 8. The minimum atomic E-state index is -0.147. The lowest BCUT2D eigenvalue weighted by atomic mass is 9.43. The normalized spacial score (nSPS) is 12.5. The van der Waals surface area contributed by atoms with E-state index in [2.05, 4.69) is 260 Å². The first-order valence-electron chi connectivity index (χ1n) is 28.2. The molecular weight excluding hydrogens is 934 g/mol. The third kappa shape index (κ3) is 8.98. The van der Waals surface area contributed by atoms with Crippen molar-refractivity contribution in [3.8, 4) is 33.4 Å². The van der Waals surface area contributed by atoms with Crippen LogP contribution in [0.5, 0.6) is 0 Å². The number of hydrogen-bond acceptors (Lipinski definition) is 4. The number of nitrogens with zero attached hydrogens (tertiary/aromatic N) is 3. The van der Waals surface area contributed by atoms with Gasteiger partial charge in [-0.3, -0.25) is 0 Å². The van der Waals surface area contributed by atoms with Crippen LogP contribution in [0.3, 0.4) is 0 Å². The van der Waals surface area contributed by atoms with Crippen LogP contribution in [-0.4, -0.2) is 6.85 Å². The molecule has 0 saturated heterocycles. The van der Waals surface area contributed by atoms with Gasteiger partial charge in [-0.15, -0.1) is 0 Å². The van der Waals surface area contributed by atoms with E-state index < -0.39 is 0 Å². The predicted octanol–water partition coefficient (Wildman–Crippen LogP) is 19.1. The van der Waals surface area contributed by atoms with Crippen LogP contribution >= 0.6 is 0 Å². The topological polar surface area (TPSA) is 22.9 Å². The van der Waals surface area contributed by atoms with Crippen molar-refractivity contribution in [1.82, 2.24) is 0 Å². The van der Waals surface area contributed by atoms with Crippen molar-refractivity contribution in [2.45, 2.75) is 78.6 Å². The summed E-state index contributed by atoms with van der Waals surface area (Å²) in [6.07, 6.45) is 10.1. The molecule has 0 bridgehead atoms. The zero-order valence-electron chi connectivity index (χ0n) is 44.6. The van der Waals surface area contributed by atoms with Crippen LogP contribution in [0.1, 0.15) is 76.0 Å². The zero-order valence-corrected chi connectivity index (χ0v) is 44.6. The summed E-state index contributed by atoms with van der Waals surface area (Å²) in [7, 11) is 0. The Kier molecular flexibility index (Phi) is 13.1. The highest BCUT2D eigenvalue weighted by molar-refractivity contribution is 6.93. The van der Waals surface area contributed by atoms with Gasteiger partial charge in [-0.2, -0.15) is 0 Å². The minimum Gasteiger partial charge on any atom is -0.456 e. The third-order valence-corrected chi connectivity index (χ3v) is 16.1. The molecule has 10 aromatic carbocycles. The number of unbranched alkanes of at least 4 members (excludes halogenated alkanes) is 3. The Morgan fingerprint density at radius 3 is 1.57 bits per heavy atom. The summed E-state index contributed by atoms with van der Waals surface area (Å²) in [5.74, 6) is 0. The molecule has 2 aliphatic heterocycles. The van der Waals surface area contributed by atoms with E-state index in [1.54, 1.807) is 0 Å². The summed E-state index contributed by atoms with van der Waals surface area (Å²) < 4.78 is 6.85. The van der Waals surface area contributed by atoms with E-state index in [1.807, 2.05) is 0 Å². The second-order valence-electron chi connectivity index (χ2n) is 21.2. The van der Waals surface area contributed by atoms with E-state index in [-0.39, 0.29) is 6.85 Å². The van der Waals surface area contributed by atoms with Crippen molar-refractivity contribution in [3.05, 3.63) is 241 Å². The summed E-state index contributed by atoms with van der Waals surface area (Å²) in [5.41, 5.74) is 24.7. The van der Waals surface area contributed by atoms with Crippen molar-refractivity contribution in [1.29, 1.82) is 0 Å². The van der Waals surface area contributed by atoms with Crippen LogP contribution < -0.4 is 25.5 Å². The number of hydrogen-bond donors (Lipinski definition) is 0. The van der Waals surface area contributed by atoms with Crippen LogP contribution in [0.2, 0.25) is 0 Å². The molecule has 3 heterocycles. The Morgan fingerprint density at radius 2 is 0.948 bits per heavy atom. The molecule has 1 aromatic heterocycles. The first kappa shape index (κ1) is 48.1. The molecule has 0 radical (unpaired) electrons. The van der Waals surface area contributed by atoms with Crippen LogP contribution in [0.15, 0.2) is 229 Å². The molecule has 0 aliphatic carbocycles. The van der Waals surface area contributed by atoms with Gasteiger partial charge >= 0.3 is 6.85 Å². The summed E-state index contributed by atoms with van der Waals surface area (Å²) >= 11 is 0. The van der Waals surface area contributed by atoms with Crippen molar-refractivity contribution in [3.63, 3.8) is 0 Å². The molecule has 11 aromatic rings. The molecule has 0 N–H and O–H groups in total. The lowest BCUT2D eigenvalue weighted by molar-refractivity contribution is 0.669. The molecule has 0 atom stereocenters. The largest absolute Gasteiger partial charge is 0.456 e. The highest BCUT2D eigenvalue weighted by atomic mass is 16.3. The fourth-order valence-corrected chi connectivity index (χ4v) is 12.2. The third-order valence-electron chi connectivity index (χ3n) is 16.1. The van der Waals surface area contributed by atoms with E-state index in [0.29, 0.717) is 0 Å². The van der Waals surface area contributed by atoms with Gasteiger partial charge in [0.15, 0.2) is 0 Å². The Morgan fingerprint density at radius 1 is 0.390 bits per heavy atom. The number of furan rings is 1. The Balaban J connectivity index is 1.13. The first-order chi connectivity index (χ1) is 38.0. The quantitative estimate of drug-likeness (QED) is 0.0900. The lowest BCUT2D eigenvalue weighted by Crippen LogP contribution is -2.61. The molecule has 5 heteroatoms. The smallest absolute Gasteiger partial charge is 0.333 e. The average molecular weight is 998 g/mol. The predicted molar refractivity (Wildman–Crippen MR) is 329 cm³/mol. The second-order valence-corrected chi connectivity index (χ2v) is 21.2. The molecular formula is C72H64BN3O. The van der Waals surface area contributed by atoms with Gasteiger partial charge in [0.25, 0.3) is 0 Å². The molecule has 77 heavy (non-hydrogen) atoms. The van der Waals surface area contributed by atoms with Gasteiger partial charge in [-0.05, 0) is 179 Å². The van der Waals surface area contributed by atoms with Gasteiger partial charge in [0, 0.05) is 61.8 Å². The van der Waals surface area contributed by atoms with Crippen molar-refractivity contribution >= 4 is 85.2 Å². The number of rotatable bonds is 16. The van der Waals surface area contributed by atoms with Crippen LogP contribution in [0.25, 0.3) is 55.3 Å². The number of para-hydroxylation sites is 1. The molecule has 0 amide bonds. The SMILES string of the molecule is CCCCc1ccc(N2B3c4cc(CCCC)ccc4N(c4ccc(CCCC)cc4)c4cc(N(c5cccc(-c6ccccc6)c5)c5cccc(-c6ccccc6)c5)cc(c43)-c3cc4oc5ccccc5c4cc32)cc1. The summed E-state index contributed by atoms with van der Waals surface area (Å²) in [4.78, 5) is 7.74. The molecule has 13 rings (SSSR count). The van der Waals surface area contributed by atoms with Crippen molar-refractivity contribution in [2.24, 2.45) is 0 Å². The molecule has 0 spiro atoms. The van der Waals surface area contributed by atoms with Gasteiger partial charge in [-0.25, -0.2) is 0 Å². The van der Waals surface area contributed by atoms with E-state index in [0.717, 1.165) is 82.4 Å². The molecule has 0 fully saturated rings. The molecule has 0 saturated carbocycles. The van der Waals surface area contributed by atoms with E-state index in [1.165, 1.54) is 104 Å². The maximum Gasteiger partial charge on any atom is 0.333 e. The number of fused-ring (bicyclic) bond motifs is 7. The highest BCUT2D eigenvalue weighted by Gasteiger charge is 2.46. The summed E-state index contributed by atoms with van der Waals surface area (Å²) in [5, 5.41) is 2.25. The van der Waals surface area contributed by atoms with Crippen molar-refractivity contribution in [2.75, 3.05) is 14.6 Å². The van der Waals surface area contributed by atoms with Gasteiger partial charge in [0.1, 0.15) is 11.2 Å². The highest BCUT2D eigenvalue weighted by Crippen LogP contribution is 2.51. The van der Waals surface area contributed by atoms with Crippen LogP contribution in [-0.2, 0) is 19.3 Å². The maximum absolute atomic E-state index is 6.85. The number of benzene rings is 10. The Hall–Kier alpha value is -8.54. The maximum atomic E-state index is 6.85. The fourth-order valence-electron chi connectivity index (χ4n) is 12.2. The van der Waals surface area contributed by atoms with Gasteiger partial charge in [0.05, 0.1) is 0 Å². The van der Waals surface area contributed by atoms with E-state index >= 15 is 0 Å². The zero-order chi connectivity index (χ0) is 51.8. The minimum absolute atomic E-state index is 0.147. The standard InChI is InChI=1S/C72H64BN3O/c1-4-7-20-50-33-38-57(39-34-50)75-67-42-37-52(22-9-6-3)43-66(67)73-72-65(63-49-71-64(62-31-16-17-32-70(62)77-71)48-68(63)76(73)58-40-35-51(36-41-58)21-8-5-2)46-61(47-69(72)75)74(59-29-18-27-55(44-59)53-23-12-10-13-24-53)60-30-19-28-56(45-60)54-25-14-11-15-26-54/h10-19,23-49H,4-9,20-22H2,1-3H3. The van der Waals surface area contributed by atoms with Gasteiger partial charge < -0.3 is 19.0 Å². The fraction of sp³-hybridized carbons (Fsp3) is 0.167. The number of aryl methyl sites for hydroxylation is 3. The molecule has 376 valence electrons. The molecule has 0 unspecified atom stereocenters. The van der Waals surface area contributed by atoms with Crippen LogP contribution in [0, 0.1) is 0 Å². The van der Waals surface area contributed by atoms with E-state index in [4.69, 9.17) is 4.42 Å². The summed E-state index contributed by atoms with van der Waals surface area (Å²) in [6, 6.07) is 84.3. The second kappa shape index (κ2) is 20.9.